The lowest BCUT2D eigenvalue weighted by molar-refractivity contribution is 0.401. The number of fused-ring (bicyclic) bond motifs is 1. The van der Waals surface area contributed by atoms with E-state index in [1.807, 2.05) is 6.20 Å². The number of hydrogen-bond donors (Lipinski definition) is 0. The van der Waals surface area contributed by atoms with Crippen LogP contribution < -0.4 is 4.90 Å². The van der Waals surface area contributed by atoms with Gasteiger partial charge in [-0.15, -0.1) is 0 Å². The Bertz CT molecular complexity index is 554. The Labute approximate surface area is 123 Å². The van der Waals surface area contributed by atoms with Crippen LogP contribution in [0, 0.1) is 0 Å². The number of aromatic nitrogens is 1. The van der Waals surface area contributed by atoms with Crippen molar-refractivity contribution in [2.24, 2.45) is 0 Å². The van der Waals surface area contributed by atoms with Gasteiger partial charge in [0.2, 0.25) is 0 Å². The smallest absolute Gasteiger partial charge is 0.136 e. The number of nitrogens with zero attached hydrogens (tertiary/aromatic N) is 3. The second kappa shape index (κ2) is 6.35. The molecule has 3 nitrogen and oxygen atoms in total. The highest BCUT2D eigenvalue weighted by atomic mass is 79.9. The molecule has 0 radical (unpaired) electrons. The third kappa shape index (κ3) is 3.45. The van der Waals surface area contributed by atoms with E-state index in [-0.39, 0.29) is 0 Å². The van der Waals surface area contributed by atoms with Gasteiger partial charge in [-0.05, 0) is 39.2 Å². The first-order valence-corrected chi connectivity index (χ1v) is 7.28. The molecule has 2 aromatic rings. The normalized spacial score (nSPS) is 11.2. The van der Waals surface area contributed by atoms with Crippen LogP contribution in [0.5, 0.6) is 0 Å². The minimum atomic E-state index is 1.01. The molecule has 4 heteroatoms. The molecule has 102 valence electrons. The van der Waals surface area contributed by atoms with Gasteiger partial charge in [0, 0.05) is 35.0 Å². The number of anilines is 1. The maximum absolute atomic E-state index is 4.54. The zero-order chi connectivity index (χ0) is 13.8. The summed E-state index contributed by atoms with van der Waals surface area (Å²) in [5.41, 5.74) is 0. The molecule has 0 bridgehead atoms. The van der Waals surface area contributed by atoms with Gasteiger partial charge in [0.15, 0.2) is 0 Å². The molecule has 2 rings (SSSR count). The number of pyridine rings is 1. The van der Waals surface area contributed by atoms with E-state index in [1.54, 1.807) is 0 Å². The average Bonchev–Trinajstić information content (AvgIpc) is 2.38. The van der Waals surface area contributed by atoms with Gasteiger partial charge in [0.05, 0.1) is 0 Å². The molecule has 0 saturated heterocycles. The van der Waals surface area contributed by atoms with Gasteiger partial charge in [-0.2, -0.15) is 0 Å². The van der Waals surface area contributed by atoms with Crippen LogP contribution in [0.15, 0.2) is 34.9 Å². The lowest BCUT2D eigenvalue weighted by Crippen LogP contribution is -2.24. The molecule has 0 saturated carbocycles. The van der Waals surface area contributed by atoms with Gasteiger partial charge in [0.25, 0.3) is 0 Å². The van der Waals surface area contributed by atoms with E-state index >= 15 is 0 Å². The summed E-state index contributed by atoms with van der Waals surface area (Å²) in [5.74, 6) is 1.05. The monoisotopic (exact) mass is 321 g/mol. The fraction of sp³-hybridized carbons (Fsp3) is 0.400. The van der Waals surface area contributed by atoms with Crippen molar-refractivity contribution in [1.29, 1.82) is 0 Å². The first-order valence-electron chi connectivity index (χ1n) is 6.48. The Hall–Kier alpha value is -1.13. The molecule has 1 heterocycles. The maximum atomic E-state index is 4.54. The topological polar surface area (TPSA) is 19.4 Å². The van der Waals surface area contributed by atoms with Gasteiger partial charge in [-0.3, -0.25) is 0 Å². The minimum absolute atomic E-state index is 1.01. The van der Waals surface area contributed by atoms with Crippen molar-refractivity contribution in [3.05, 3.63) is 34.9 Å². The van der Waals surface area contributed by atoms with E-state index in [0.717, 1.165) is 29.8 Å². The van der Waals surface area contributed by atoms with E-state index < -0.39 is 0 Å². The minimum Gasteiger partial charge on any atom is -0.359 e. The number of halogens is 1. The first-order chi connectivity index (χ1) is 9.09. The van der Waals surface area contributed by atoms with Crippen LogP contribution in [0.2, 0.25) is 0 Å². The summed E-state index contributed by atoms with van der Waals surface area (Å²) in [7, 11) is 6.32. The summed E-state index contributed by atoms with van der Waals surface area (Å²) in [6.45, 7) is 2.11. The summed E-state index contributed by atoms with van der Waals surface area (Å²) in [4.78, 5) is 8.98. The van der Waals surface area contributed by atoms with Gasteiger partial charge < -0.3 is 9.80 Å². The first kappa shape index (κ1) is 14.3. The molecule has 0 unspecified atom stereocenters. The van der Waals surface area contributed by atoms with Crippen LogP contribution in [0.4, 0.5) is 5.82 Å². The van der Waals surface area contributed by atoms with Crippen LogP contribution in [-0.4, -0.2) is 44.1 Å². The largest absolute Gasteiger partial charge is 0.359 e. The van der Waals surface area contributed by atoms with Gasteiger partial charge >= 0.3 is 0 Å². The van der Waals surface area contributed by atoms with Crippen molar-refractivity contribution >= 4 is 32.5 Å². The molecule has 0 aliphatic heterocycles. The second-order valence-electron chi connectivity index (χ2n) is 5.05. The summed E-state index contributed by atoms with van der Waals surface area (Å²) < 4.78 is 1.12. The van der Waals surface area contributed by atoms with E-state index in [4.69, 9.17) is 0 Å². The average molecular weight is 322 g/mol. The molecular formula is C15H20BrN3. The quantitative estimate of drug-likeness (QED) is 0.841. The third-order valence-electron chi connectivity index (χ3n) is 3.19. The fourth-order valence-electron chi connectivity index (χ4n) is 2.19. The standard InChI is InChI=1S/C15H20BrN3/c1-18(2)10-5-11-19(3)15-13-6-4-7-14(16)12(13)8-9-17-15/h4,6-9H,5,10-11H2,1-3H3. The van der Waals surface area contributed by atoms with Crippen molar-refractivity contribution < 1.29 is 0 Å². The number of rotatable bonds is 5. The molecule has 1 aromatic heterocycles. The van der Waals surface area contributed by atoms with Crippen LogP contribution in [0.25, 0.3) is 10.8 Å². The SMILES string of the molecule is CN(C)CCCN(C)c1nccc2c(Br)cccc12. The number of hydrogen-bond acceptors (Lipinski definition) is 3. The molecule has 0 fully saturated rings. The van der Waals surface area contributed by atoms with Crippen LogP contribution in [-0.2, 0) is 0 Å². The molecular weight excluding hydrogens is 302 g/mol. The lowest BCUT2D eigenvalue weighted by Gasteiger charge is -2.21. The van der Waals surface area contributed by atoms with Gasteiger partial charge in [-0.1, -0.05) is 28.1 Å². The second-order valence-corrected chi connectivity index (χ2v) is 5.90. The van der Waals surface area contributed by atoms with Crippen LogP contribution >= 0.6 is 15.9 Å². The summed E-state index contributed by atoms with van der Waals surface area (Å²) in [5, 5.41) is 2.41. The molecule has 0 N–H and O–H groups in total. The van der Waals surface area contributed by atoms with Crippen LogP contribution in [0.3, 0.4) is 0 Å². The molecule has 19 heavy (non-hydrogen) atoms. The van der Waals surface area contributed by atoms with Gasteiger partial charge in [0.1, 0.15) is 5.82 Å². The highest BCUT2D eigenvalue weighted by Crippen LogP contribution is 2.29. The summed E-state index contributed by atoms with van der Waals surface area (Å²) in [6, 6.07) is 8.31. The predicted molar refractivity (Wildman–Crippen MR) is 85.9 cm³/mol. The maximum Gasteiger partial charge on any atom is 0.136 e. The Morgan fingerprint density at radius 1 is 1.05 bits per heavy atom. The molecule has 0 aliphatic carbocycles. The Kier molecular flexibility index (Phi) is 4.77. The Morgan fingerprint density at radius 3 is 2.58 bits per heavy atom. The van der Waals surface area contributed by atoms with Crippen LogP contribution in [0.1, 0.15) is 6.42 Å². The zero-order valence-corrected chi connectivity index (χ0v) is 13.3. The third-order valence-corrected chi connectivity index (χ3v) is 3.88. The zero-order valence-electron chi connectivity index (χ0n) is 11.7. The van der Waals surface area contributed by atoms with Crippen molar-refractivity contribution in [1.82, 2.24) is 9.88 Å². The van der Waals surface area contributed by atoms with Crippen molar-refractivity contribution in [2.45, 2.75) is 6.42 Å². The van der Waals surface area contributed by atoms with Crippen molar-refractivity contribution in [3.8, 4) is 0 Å². The fourth-order valence-corrected chi connectivity index (χ4v) is 2.69. The highest BCUT2D eigenvalue weighted by Gasteiger charge is 2.08. The lowest BCUT2D eigenvalue weighted by atomic mass is 10.1. The van der Waals surface area contributed by atoms with E-state index in [0.29, 0.717) is 0 Å². The van der Waals surface area contributed by atoms with E-state index in [2.05, 4.69) is 76.1 Å². The Morgan fingerprint density at radius 2 is 1.84 bits per heavy atom. The van der Waals surface area contributed by atoms with Gasteiger partial charge in [-0.25, -0.2) is 4.98 Å². The van der Waals surface area contributed by atoms with E-state index in [9.17, 15) is 0 Å². The number of benzene rings is 1. The Balaban J connectivity index is 2.22. The van der Waals surface area contributed by atoms with E-state index in [1.165, 1.54) is 10.8 Å². The summed E-state index contributed by atoms with van der Waals surface area (Å²) >= 11 is 3.60. The molecule has 0 spiro atoms. The summed E-state index contributed by atoms with van der Waals surface area (Å²) in [6.07, 6.45) is 3.01. The van der Waals surface area contributed by atoms with Crippen molar-refractivity contribution in [3.63, 3.8) is 0 Å². The molecule has 0 atom stereocenters. The predicted octanol–water partition coefficient (Wildman–Crippen LogP) is 3.39. The molecule has 0 aliphatic rings. The molecule has 1 aromatic carbocycles. The highest BCUT2D eigenvalue weighted by molar-refractivity contribution is 9.10. The van der Waals surface area contributed by atoms with Crippen molar-refractivity contribution in [2.75, 3.05) is 39.1 Å². The molecule has 0 amide bonds.